The van der Waals surface area contributed by atoms with Gasteiger partial charge in [-0.25, -0.2) is 0 Å². The molecule has 0 bridgehead atoms. The van der Waals surface area contributed by atoms with Gasteiger partial charge in [0.1, 0.15) is 0 Å². The van der Waals surface area contributed by atoms with Crippen LogP contribution in [0.1, 0.15) is 20.8 Å². The van der Waals surface area contributed by atoms with Crippen molar-refractivity contribution in [1.29, 1.82) is 0 Å². The van der Waals surface area contributed by atoms with Gasteiger partial charge in [0.25, 0.3) is 5.91 Å². The summed E-state index contributed by atoms with van der Waals surface area (Å²) < 4.78 is 1.03. The Hall–Kier alpha value is -1.13. The van der Waals surface area contributed by atoms with Crippen LogP contribution in [-0.4, -0.2) is 17.9 Å². The number of rotatable bonds is 3. The smallest absolute Gasteiger partial charge is 0.264 e. The molecule has 0 radical (unpaired) electrons. The van der Waals surface area contributed by atoms with Gasteiger partial charge in [-0.1, -0.05) is 34.1 Å². The molecule has 0 N–H and O–H groups in total. The van der Waals surface area contributed by atoms with Gasteiger partial charge in [0.05, 0.1) is 4.88 Å². The molecule has 0 aliphatic heterocycles. The fraction of sp³-hybridized carbons (Fsp3) is 0.214. The Kier molecular flexibility index (Phi) is 4.19. The lowest BCUT2D eigenvalue weighted by atomic mass is 10.2. The van der Waals surface area contributed by atoms with Crippen LogP contribution in [0.3, 0.4) is 0 Å². The zero-order chi connectivity index (χ0) is 13.1. The third-order valence-corrected chi connectivity index (χ3v) is 4.55. The third kappa shape index (κ3) is 2.82. The number of benzene rings is 1. The van der Waals surface area contributed by atoms with E-state index < -0.39 is 0 Å². The van der Waals surface area contributed by atoms with Gasteiger partial charge in [0.2, 0.25) is 0 Å². The molecule has 94 valence electrons. The minimum Gasteiger partial charge on any atom is -0.337 e. The lowest BCUT2D eigenvalue weighted by Crippen LogP contribution is -2.26. The second-order valence-corrected chi connectivity index (χ2v) is 5.96. The highest BCUT2D eigenvalue weighted by molar-refractivity contribution is 9.10. The van der Waals surface area contributed by atoms with Crippen LogP contribution in [0.25, 0.3) is 0 Å². The van der Waals surface area contributed by atoms with Gasteiger partial charge in [-0.3, -0.25) is 4.79 Å². The standard InChI is InChI=1S/C14H14BrNOS/c1-10-7-8-18-13(10)14(17)16(2)9-11-5-3-4-6-12(11)15/h3-8H,9H2,1-2H3. The molecule has 2 aromatic rings. The van der Waals surface area contributed by atoms with E-state index in [9.17, 15) is 4.79 Å². The van der Waals surface area contributed by atoms with Crippen LogP contribution in [0.4, 0.5) is 0 Å². The molecule has 0 aliphatic rings. The van der Waals surface area contributed by atoms with E-state index in [0.717, 1.165) is 20.5 Å². The molecule has 2 nitrogen and oxygen atoms in total. The zero-order valence-electron chi connectivity index (χ0n) is 10.3. The zero-order valence-corrected chi connectivity index (χ0v) is 12.7. The van der Waals surface area contributed by atoms with Crippen LogP contribution in [0.5, 0.6) is 0 Å². The van der Waals surface area contributed by atoms with Gasteiger partial charge < -0.3 is 4.90 Å². The van der Waals surface area contributed by atoms with Crippen molar-refractivity contribution in [3.63, 3.8) is 0 Å². The van der Waals surface area contributed by atoms with Crippen LogP contribution in [0.2, 0.25) is 0 Å². The maximum atomic E-state index is 12.3. The predicted molar refractivity (Wildman–Crippen MR) is 79.0 cm³/mol. The van der Waals surface area contributed by atoms with Gasteiger partial charge in [-0.05, 0) is 35.6 Å². The first-order valence-corrected chi connectivity index (χ1v) is 7.30. The highest BCUT2D eigenvalue weighted by atomic mass is 79.9. The summed E-state index contributed by atoms with van der Waals surface area (Å²) >= 11 is 5.00. The summed E-state index contributed by atoms with van der Waals surface area (Å²) in [5, 5.41) is 1.95. The van der Waals surface area contributed by atoms with Crippen molar-refractivity contribution in [2.75, 3.05) is 7.05 Å². The number of carbonyl (C=O) groups is 1. The van der Waals surface area contributed by atoms with Crippen molar-refractivity contribution < 1.29 is 4.79 Å². The Labute approximate surface area is 119 Å². The van der Waals surface area contributed by atoms with Crippen molar-refractivity contribution in [3.05, 3.63) is 56.2 Å². The first-order valence-electron chi connectivity index (χ1n) is 5.62. The number of hydrogen-bond donors (Lipinski definition) is 0. The first-order chi connectivity index (χ1) is 8.59. The minimum absolute atomic E-state index is 0.0817. The number of nitrogens with zero attached hydrogens (tertiary/aromatic N) is 1. The Morgan fingerprint density at radius 2 is 2.06 bits per heavy atom. The Morgan fingerprint density at radius 1 is 1.33 bits per heavy atom. The molecule has 18 heavy (non-hydrogen) atoms. The van der Waals surface area contributed by atoms with Gasteiger partial charge in [-0.2, -0.15) is 0 Å². The van der Waals surface area contributed by atoms with E-state index in [1.54, 1.807) is 4.90 Å². The molecule has 0 saturated carbocycles. The van der Waals surface area contributed by atoms with Gasteiger partial charge in [0.15, 0.2) is 0 Å². The average molecular weight is 324 g/mol. The van der Waals surface area contributed by atoms with Gasteiger partial charge >= 0.3 is 0 Å². The molecule has 1 heterocycles. The molecule has 0 saturated heterocycles. The normalized spacial score (nSPS) is 10.4. The fourth-order valence-electron chi connectivity index (χ4n) is 1.72. The number of hydrogen-bond acceptors (Lipinski definition) is 2. The van der Waals surface area contributed by atoms with E-state index in [0.29, 0.717) is 6.54 Å². The first kappa shape index (κ1) is 13.3. The van der Waals surface area contributed by atoms with E-state index in [1.165, 1.54) is 11.3 Å². The van der Waals surface area contributed by atoms with Crippen molar-refractivity contribution in [1.82, 2.24) is 4.90 Å². The summed E-state index contributed by atoms with van der Waals surface area (Å²) in [6.07, 6.45) is 0. The van der Waals surface area contributed by atoms with Crippen molar-refractivity contribution >= 4 is 33.2 Å². The Balaban J connectivity index is 2.14. The maximum Gasteiger partial charge on any atom is 0.264 e. The molecule has 0 fully saturated rings. The van der Waals surface area contributed by atoms with Crippen LogP contribution < -0.4 is 0 Å². The average Bonchev–Trinajstić information content (AvgIpc) is 2.77. The lowest BCUT2D eigenvalue weighted by Gasteiger charge is -2.17. The minimum atomic E-state index is 0.0817. The van der Waals surface area contributed by atoms with Gasteiger partial charge in [0, 0.05) is 18.1 Å². The van der Waals surface area contributed by atoms with Gasteiger partial charge in [-0.15, -0.1) is 11.3 Å². The molecule has 1 amide bonds. The summed E-state index contributed by atoms with van der Waals surface area (Å²) in [6.45, 7) is 2.58. The second kappa shape index (κ2) is 5.67. The van der Waals surface area contributed by atoms with Crippen LogP contribution >= 0.6 is 27.3 Å². The second-order valence-electron chi connectivity index (χ2n) is 4.19. The Bertz CT molecular complexity index is 564. The monoisotopic (exact) mass is 323 g/mol. The maximum absolute atomic E-state index is 12.3. The van der Waals surface area contributed by atoms with Crippen LogP contribution in [0.15, 0.2) is 40.2 Å². The number of thiophene rings is 1. The highest BCUT2D eigenvalue weighted by Gasteiger charge is 2.16. The van der Waals surface area contributed by atoms with Crippen molar-refractivity contribution in [2.45, 2.75) is 13.5 Å². The number of aryl methyl sites for hydroxylation is 1. The highest BCUT2D eigenvalue weighted by Crippen LogP contribution is 2.21. The van der Waals surface area contributed by atoms with E-state index >= 15 is 0 Å². The number of halogens is 1. The van der Waals surface area contributed by atoms with E-state index in [2.05, 4.69) is 15.9 Å². The molecule has 1 aromatic carbocycles. The molecule has 4 heteroatoms. The summed E-state index contributed by atoms with van der Waals surface area (Å²) in [4.78, 5) is 14.8. The van der Waals surface area contributed by atoms with E-state index in [4.69, 9.17) is 0 Å². The Morgan fingerprint density at radius 3 is 2.67 bits per heavy atom. The van der Waals surface area contributed by atoms with Crippen LogP contribution in [-0.2, 0) is 6.54 Å². The van der Waals surface area contributed by atoms with Crippen molar-refractivity contribution in [3.8, 4) is 0 Å². The topological polar surface area (TPSA) is 20.3 Å². The molecular weight excluding hydrogens is 310 g/mol. The molecule has 0 atom stereocenters. The predicted octanol–water partition coefficient (Wildman–Crippen LogP) is 4.09. The van der Waals surface area contributed by atoms with E-state index in [-0.39, 0.29) is 5.91 Å². The molecule has 0 aliphatic carbocycles. The summed E-state index contributed by atoms with van der Waals surface area (Å²) in [7, 11) is 1.83. The van der Waals surface area contributed by atoms with Crippen molar-refractivity contribution in [2.24, 2.45) is 0 Å². The third-order valence-electron chi connectivity index (χ3n) is 2.77. The molecule has 0 spiro atoms. The summed E-state index contributed by atoms with van der Waals surface area (Å²) in [5.74, 6) is 0.0817. The molecule has 1 aromatic heterocycles. The fourth-order valence-corrected chi connectivity index (χ4v) is 3.05. The van der Waals surface area contributed by atoms with Crippen LogP contribution in [0, 0.1) is 6.92 Å². The van der Waals surface area contributed by atoms with E-state index in [1.807, 2.05) is 49.7 Å². The molecule has 2 rings (SSSR count). The SMILES string of the molecule is Cc1ccsc1C(=O)N(C)Cc1ccccc1Br. The molecule has 0 unspecified atom stereocenters. The quantitative estimate of drug-likeness (QED) is 0.833. The number of carbonyl (C=O) groups excluding carboxylic acids is 1. The largest absolute Gasteiger partial charge is 0.337 e. The summed E-state index contributed by atoms with van der Waals surface area (Å²) in [6, 6.07) is 9.94. The summed E-state index contributed by atoms with van der Waals surface area (Å²) in [5.41, 5.74) is 2.16. The number of amides is 1. The lowest BCUT2D eigenvalue weighted by molar-refractivity contribution is 0.0789. The molecular formula is C14H14BrNOS.